The average Bonchev–Trinajstić information content (AvgIpc) is 3.21. The molecule has 0 spiro atoms. The van der Waals surface area contributed by atoms with E-state index in [1.807, 2.05) is 18.2 Å². The number of anilines is 1. The fourth-order valence-corrected chi connectivity index (χ4v) is 3.16. The van der Waals surface area contributed by atoms with Crippen LogP contribution in [-0.4, -0.2) is 21.5 Å². The van der Waals surface area contributed by atoms with Crippen molar-refractivity contribution in [3.63, 3.8) is 0 Å². The summed E-state index contributed by atoms with van der Waals surface area (Å²) < 4.78 is 1.22. The number of Topliss-reactive ketones (excluding diaryl/α,β-unsaturated/α-hetero) is 1. The first-order chi connectivity index (χ1) is 13.0. The van der Waals surface area contributed by atoms with Crippen LogP contribution >= 0.6 is 11.3 Å². The molecule has 2 aromatic heterocycles. The fraction of sp³-hybridized carbons (Fsp3) is 0.158. The lowest BCUT2D eigenvalue weighted by Crippen LogP contribution is -2.29. The predicted octanol–water partition coefficient (Wildman–Crippen LogP) is 3.38. The lowest BCUT2D eigenvalue weighted by atomic mass is 10.0. The number of ketones is 1. The Hall–Kier alpha value is -3.26. The number of hydrogen-bond donors (Lipinski definition) is 1. The third-order valence-electron chi connectivity index (χ3n) is 3.82. The Kier molecular flexibility index (Phi) is 5.46. The van der Waals surface area contributed by atoms with Gasteiger partial charge in [-0.2, -0.15) is 5.10 Å². The molecule has 0 saturated carbocycles. The fourth-order valence-electron chi connectivity index (χ4n) is 2.56. The van der Waals surface area contributed by atoms with Crippen LogP contribution in [0.15, 0.2) is 52.6 Å². The molecular formula is C19H17N3O4S. The van der Waals surface area contributed by atoms with Gasteiger partial charge in [0.25, 0.3) is 5.56 Å². The molecule has 138 valence electrons. The number of benzene rings is 1. The summed E-state index contributed by atoms with van der Waals surface area (Å²) in [6, 6.07) is 12.4. The maximum Gasteiger partial charge on any atom is 0.372 e. The van der Waals surface area contributed by atoms with Crippen molar-refractivity contribution in [3.8, 4) is 11.3 Å². The minimum atomic E-state index is -0.639. The highest BCUT2D eigenvalue weighted by Crippen LogP contribution is 2.25. The first-order valence-corrected chi connectivity index (χ1v) is 9.13. The van der Waals surface area contributed by atoms with Crippen molar-refractivity contribution >= 4 is 28.8 Å². The number of aryl methyl sites for hydroxylation is 1. The van der Waals surface area contributed by atoms with Crippen LogP contribution in [0.25, 0.3) is 11.3 Å². The van der Waals surface area contributed by atoms with Gasteiger partial charge in [0.05, 0.1) is 5.56 Å². The van der Waals surface area contributed by atoms with Gasteiger partial charge in [-0.15, -0.1) is 11.3 Å². The third kappa shape index (κ3) is 3.80. The largest absolute Gasteiger partial charge is 0.372 e. The van der Waals surface area contributed by atoms with Crippen LogP contribution in [0.1, 0.15) is 33.9 Å². The Morgan fingerprint density at radius 3 is 2.52 bits per heavy atom. The molecule has 7 nitrogen and oxygen atoms in total. The molecule has 0 radical (unpaired) electrons. The molecule has 1 N–H and O–H groups in total. The topological polar surface area (TPSA) is 90.3 Å². The van der Waals surface area contributed by atoms with Gasteiger partial charge in [-0.1, -0.05) is 36.4 Å². The van der Waals surface area contributed by atoms with Crippen molar-refractivity contribution in [2.24, 2.45) is 0 Å². The second-order valence-electron chi connectivity index (χ2n) is 5.61. The number of nitrogens with one attached hydrogen (secondary N) is 1. The van der Waals surface area contributed by atoms with Crippen molar-refractivity contribution in [1.82, 2.24) is 9.78 Å². The number of nitrogens with zero attached hydrogens (tertiary/aromatic N) is 2. The van der Waals surface area contributed by atoms with Gasteiger partial charge in [0.2, 0.25) is 0 Å². The van der Waals surface area contributed by atoms with Crippen LogP contribution in [0.2, 0.25) is 0 Å². The minimum absolute atomic E-state index is 0.0786. The van der Waals surface area contributed by atoms with Gasteiger partial charge < -0.3 is 4.84 Å². The zero-order chi connectivity index (χ0) is 19.4. The van der Waals surface area contributed by atoms with E-state index in [1.165, 1.54) is 22.9 Å². The molecule has 0 fully saturated rings. The quantitative estimate of drug-likeness (QED) is 0.518. The molecule has 2 heterocycles. The van der Waals surface area contributed by atoms with E-state index in [0.717, 1.165) is 0 Å². The number of rotatable bonds is 6. The molecule has 27 heavy (non-hydrogen) atoms. The second-order valence-corrected chi connectivity index (χ2v) is 6.56. The molecule has 0 amide bonds. The molecule has 3 aromatic rings. The average molecular weight is 383 g/mol. The van der Waals surface area contributed by atoms with Gasteiger partial charge >= 0.3 is 5.97 Å². The highest BCUT2D eigenvalue weighted by Gasteiger charge is 2.23. The third-order valence-corrected chi connectivity index (χ3v) is 4.67. The van der Waals surface area contributed by atoms with Crippen LogP contribution < -0.4 is 11.0 Å². The van der Waals surface area contributed by atoms with Crippen molar-refractivity contribution < 1.29 is 14.4 Å². The molecule has 0 saturated heterocycles. The van der Waals surface area contributed by atoms with Crippen LogP contribution in [0, 0.1) is 0 Å². The molecule has 0 aliphatic rings. The molecule has 0 unspecified atom stereocenters. The van der Waals surface area contributed by atoms with E-state index in [9.17, 15) is 14.4 Å². The summed E-state index contributed by atoms with van der Waals surface area (Å²) in [5.41, 5.74) is 2.85. The molecule has 0 aliphatic heterocycles. The van der Waals surface area contributed by atoms with Crippen LogP contribution in [0.5, 0.6) is 0 Å². The monoisotopic (exact) mass is 383 g/mol. The Balaban J connectivity index is 2.09. The summed E-state index contributed by atoms with van der Waals surface area (Å²) in [6.07, 6.45) is 0. The normalized spacial score (nSPS) is 10.4. The summed E-state index contributed by atoms with van der Waals surface area (Å²) in [5.74, 6) is -1.00. The number of aromatic nitrogens is 2. The van der Waals surface area contributed by atoms with Gasteiger partial charge in [0, 0.05) is 12.1 Å². The summed E-state index contributed by atoms with van der Waals surface area (Å²) >= 11 is 1.21. The number of carbonyl (C=O) groups excluding carboxylic acids is 2. The lowest BCUT2D eigenvalue weighted by molar-refractivity contribution is 0.0600. The van der Waals surface area contributed by atoms with Crippen LogP contribution in [0.4, 0.5) is 5.69 Å². The Bertz CT molecular complexity index is 1030. The molecule has 1 aromatic carbocycles. The van der Waals surface area contributed by atoms with Crippen molar-refractivity contribution in [3.05, 3.63) is 68.6 Å². The van der Waals surface area contributed by atoms with E-state index in [4.69, 9.17) is 4.84 Å². The second kappa shape index (κ2) is 7.96. The predicted molar refractivity (Wildman–Crippen MR) is 103 cm³/mol. The van der Waals surface area contributed by atoms with E-state index in [1.54, 1.807) is 36.6 Å². The van der Waals surface area contributed by atoms with E-state index < -0.39 is 11.5 Å². The van der Waals surface area contributed by atoms with Crippen LogP contribution in [-0.2, 0) is 11.4 Å². The molecule has 0 atom stereocenters. The molecule has 0 bridgehead atoms. The molecular weight excluding hydrogens is 366 g/mol. The van der Waals surface area contributed by atoms with Gasteiger partial charge in [-0.05, 0) is 25.3 Å². The zero-order valence-electron chi connectivity index (χ0n) is 14.8. The van der Waals surface area contributed by atoms with E-state index in [2.05, 4.69) is 10.6 Å². The first kappa shape index (κ1) is 18.5. The van der Waals surface area contributed by atoms with Gasteiger partial charge in [0.15, 0.2) is 11.5 Å². The Labute approximate surface area is 159 Å². The van der Waals surface area contributed by atoms with E-state index in [0.29, 0.717) is 22.7 Å². The zero-order valence-corrected chi connectivity index (χ0v) is 15.6. The first-order valence-electron chi connectivity index (χ1n) is 8.25. The molecule has 8 heteroatoms. The SMILES string of the molecule is CCn1nc(-c2ccccc2)c(C(C)=O)c(NOC(=O)c2cccs2)c1=O. The van der Waals surface area contributed by atoms with Crippen molar-refractivity contribution in [1.29, 1.82) is 0 Å². The summed E-state index contributed by atoms with van der Waals surface area (Å²) in [4.78, 5) is 42.6. The number of carbonyl (C=O) groups is 2. The highest BCUT2D eigenvalue weighted by molar-refractivity contribution is 7.11. The summed E-state index contributed by atoms with van der Waals surface area (Å²) in [7, 11) is 0. The molecule has 3 rings (SSSR count). The standard InChI is InChI=1S/C19H17N3O4S/c1-3-22-18(24)17(21-26-19(25)14-10-7-11-27-14)15(12(2)23)16(20-22)13-8-5-4-6-9-13/h4-11,21H,3H2,1-2H3. The van der Waals surface area contributed by atoms with Gasteiger partial charge in [-0.3, -0.25) is 9.59 Å². The number of thiophene rings is 1. The minimum Gasteiger partial charge on any atom is -0.337 e. The molecule has 0 aliphatic carbocycles. The Morgan fingerprint density at radius 2 is 1.93 bits per heavy atom. The van der Waals surface area contributed by atoms with Crippen LogP contribution in [0.3, 0.4) is 0 Å². The Morgan fingerprint density at radius 1 is 1.19 bits per heavy atom. The maximum atomic E-state index is 12.7. The summed E-state index contributed by atoms with van der Waals surface area (Å²) in [5, 5.41) is 6.06. The highest BCUT2D eigenvalue weighted by atomic mass is 32.1. The lowest BCUT2D eigenvalue weighted by Gasteiger charge is -2.15. The summed E-state index contributed by atoms with van der Waals surface area (Å²) in [6.45, 7) is 3.40. The van der Waals surface area contributed by atoms with Gasteiger partial charge in [0.1, 0.15) is 10.6 Å². The van der Waals surface area contributed by atoms with E-state index in [-0.39, 0.29) is 17.0 Å². The number of hydrogen-bond acceptors (Lipinski definition) is 7. The van der Waals surface area contributed by atoms with Gasteiger partial charge in [-0.25, -0.2) is 15.0 Å². The van der Waals surface area contributed by atoms with E-state index >= 15 is 0 Å². The van der Waals surface area contributed by atoms with Crippen molar-refractivity contribution in [2.75, 3.05) is 5.48 Å². The maximum absolute atomic E-state index is 12.7. The smallest absolute Gasteiger partial charge is 0.337 e. The van der Waals surface area contributed by atoms with Crippen molar-refractivity contribution in [2.45, 2.75) is 20.4 Å².